The van der Waals surface area contributed by atoms with Gasteiger partial charge in [0.25, 0.3) is 0 Å². The van der Waals surface area contributed by atoms with Gasteiger partial charge >= 0.3 is 0 Å². The summed E-state index contributed by atoms with van der Waals surface area (Å²) in [5.41, 5.74) is 1.23. The fraction of sp³-hybridized carbons (Fsp3) is 0.500. The van der Waals surface area contributed by atoms with E-state index in [1.165, 1.54) is 5.56 Å². The van der Waals surface area contributed by atoms with Crippen LogP contribution >= 0.6 is 28.3 Å². The third-order valence-electron chi connectivity index (χ3n) is 2.69. The molecule has 0 amide bonds. The van der Waals surface area contributed by atoms with Gasteiger partial charge in [0.1, 0.15) is 5.75 Å². The molecule has 1 aliphatic rings. The molecule has 0 unspecified atom stereocenters. The second-order valence-electron chi connectivity index (χ2n) is 3.83. The Bertz CT molecular complexity index is 356. The molecule has 0 radical (unpaired) electrons. The van der Waals surface area contributed by atoms with E-state index >= 15 is 0 Å². The van der Waals surface area contributed by atoms with Gasteiger partial charge in [-0.05, 0) is 25.1 Å². The Morgan fingerprint density at radius 2 is 2.24 bits per heavy atom. The van der Waals surface area contributed by atoms with Crippen LogP contribution in [0.2, 0.25) is 0 Å². The van der Waals surface area contributed by atoms with Crippen LogP contribution in [0.15, 0.2) is 22.7 Å². The van der Waals surface area contributed by atoms with Crippen LogP contribution < -0.4 is 15.4 Å². The summed E-state index contributed by atoms with van der Waals surface area (Å²) in [5, 5.41) is 6.89. The second kappa shape index (κ2) is 7.21. The van der Waals surface area contributed by atoms with Crippen molar-refractivity contribution in [3.8, 4) is 5.75 Å². The zero-order valence-electron chi connectivity index (χ0n) is 9.83. The number of ether oxygens (including phenoxy) is 1. The summed E-state index contributed by atoms with van der Waals surface area (Å²) in [5.74, 6) is 0.979. The number of hydrogen-bond acceptors (Lipinski definition) is 3. The molecular weight excluding hydrogens is 304 g/mol. The number of benzene rings is 1. The predicted octanol–water partition coefficient (Wildman–Crippen LogP) is 2.50. The van der Waals surface area contributed by atoms with Gasteiger partial charge in [0.05, 0.1) is 6.61 Å². The first-order chi connectivity index (χ1) is 7.81. The highest BCUT2D eigenvalue weighted by atomic mass is 79.9. The van der Waals surface area contributed by atoms with E-state index in [9.17, 15) is 0 Å². The normalized spacial score (nSPS) is 19.5. The molecule has 2 N–H and O–H groups in total. The molecule has 0 aromatic heterocycles. The molecule has 0 aliphatic carbocycles. The first kappa shape index (κ1) is 14.8. The van der Waals surface area contributed by atoms with E-state index in [1.807, 2.05) is 19.1 Å². The summed E-state index contributed by atoms with van der Waals surface area (Å²) >= 11 is 3.51. The Hall–Kier alpha value is -0.290. The van der Waals surface area contributed by atoms with Crippen molar-refractivity contribution in [1.82, 2.24) is 10.6 Å². The number of halogens is 2. The molecule has 5 heteroatoms. The molecule has 1 fully saturated rings. The number of nitrogens with one attached hydrogen (secondary N) is 2. The van der Waals surface area contributed by atoms with E-state index in [0.29, 0.717) is 12.6 Å². The van der Waals surface area contributed by atoms with E-state index < -0.39 is 0 Å². The smallest absolute Gasteiger partial charge is 0.124 e. The van der Waals surface area contributed by atoms with Crippen molar-refractivity contribution >= 4 is 28.3 Å². The van der Waals surface area contributed by atoms with E-state index in [2.05, 4.69) is 32.6 Å². The molecule has 1 aromatic rings. The topological polar surface area (TPSA) is 33.3 Å². The van der Waals surface area contributed by atoms with Crippen LogP contribution in [0.5, 0.6) is 5.75 Å². The van der Waals surface area contributed by atoms with Gasteiger partial charge in [-0.2, -0.15) is 0 Å². The van der Waals surface area contributed by atoms with Gasteiger partial charge in [0, 0.05) is 35.7 Å². The minimum Gasteiger partial charge on any atom is -0.494 e. The molecule has 96 valence electrons. The molecular formula is C12H18BrClN2O. The number of rotatable bonds is 3. The highest BCUT2D eigenvalue weighted by Gasteiger charge is 2.18. The van der Waals surface area contributed by atoms with Crippen LogP contribution in [-0.2, 0) is 0 Å². The Morgan fingerprint density at radius 3 is 2.88 bits per heavy atom. The van der Waals surface area contributed by atoms with E-state index in [1.54, 1.807) is 0 Å². The standard InChI is InChI=1S/C12H17BrN2O.ClH/c1-2-16-12-4-3-9(13)7-10(12)11-8-14-5-6-15-11;/h3-4,7,11,14-15H,2,5-6,8H2,1H3;1H/t11-;/m1./s1. The molecule has 2 rings (SSSR count). The van der Waals surface area contributed by atoms with Crippen molar-refractivity contribution in [1.29, 1.82) is 0 Å². The molecule has 0 saturated carbocycles. The highest BCUT2D eigenvalue weighted by molar-refractivity contribution is 9.10. The predicted molar refractivity (Wildman–Crippen MR) is 76.2 cm³/mol. The van der Waals surface area contributed by atoms with Crippen LogP contribution in [0, 0.1) is 0 Å². The van der Waals surface area contributed by atoms with Gasteiger partial charge in [0.2, 0.25) is 0 Å². The van der Waals surface area contributed by atoms with Crippen LogP contribution in [0.1, 0.15) is 18.5 Å². The maximum atomic E-state index is 5.66. The average molecular weight is 322 g/mol. The van der Waals surface area contributed by atoms with Crippen LogP contribution in [0.3, 0.4) is 0 Å². The first-order valence-electron chi connectivity index (χ1n) is 5.67. The lowest BCUT2D eigenvalue weighted by atomic mass is 10.0. The quantitative estimate of drug-likeness (QED) is 0.897. The third kappa shape index (κ3) is 3.85. The van der Waals surface area contributed by atoms with Crippen LogP contribution in [0.25, 0.3) is 0 Å². The van der Waals surface area contributed by atoms with Gasteiger partial charge in [-0.1, -0.05) is 15.9 Å². The molecule has 1 aliphatic heterocycles. The maximum absolute atomic E-state index is 5.66. The molecule has 1 saturated heterocycles. The summed E-state index contributed by atoms with van der Waals surface area (Å²) < 4.78 is 6.75. The summed E-state index contributed by atoms with van der Waals surface area (Å²) in [6.45, 7) is 5.71. The summed E-state index contributed by atoms with van der Waals surface area (Å²) in [6.07, 6.45) is 0. The third-order valence-corrected chi connectivity index (χ3v) is 3.18. The largest absolute Gasteiger partial charge is 0.494 e. The minimum atomic E-state index is 0. The van der Waals surface area contributed by atoms with E-state index in [-0.39, 0.29) is 12.4 Å². The summed E-state index contributed by atoms with van der Waals surface area (Å²) in [6, 6.07) is 6.52. The van der Waals surface area contributed by atoms with Crippen molar-refractivity contribution in [3.05, 3.63) is 28.2 Å². The second-order valence-corrected chi connectivity index (χ2v) is 4.74. The lowest BCUT2D eigenvalue weighted by Gasteiger charge is -2.26. The monoisotopic (exact) mass is 320 g/mol. The summed E-state index contributed by atoms with van der Waals surface area (Å²) in [7, 11) is 0. The minimum absolute atomic E-state index is 0. The first-order valence-corrected chi connectivity index (χ1v) is 6.47. The Morgan fingerprint density at radius 1 is 1.41 bits per heavy atom. The molecule has 17 heavy (non-hydrogen) atoms. The SMILES string of the molecule is CCOc1ccc(Br)cc1[C@H]1CNCCN1.Cl. The average Bonchev–Trinajstić information content (AvgIpc) is 2.33. The Labute approximate surface area is 117 Å². The molecule has 1 atom stereocenters. The van der Waals surface area contributed by atoms with E-state index in [4.69, 9.17) is 4.74 Å². The molecule has 1 heterocycles. The van der Waals surface area contributed by atoms with Gasteiger partial charge in [0.15, 0.2) is 0 Å². The molecule has 3 nitrogen and oxygen atoms in total. The highest BCUT2D eigenvalue weighted by Crippen LogP contribution is 2.29. The van der Waals surface area contributed by atoms with Gasteiger partial charge in [-0.25, -0.2) is 0 Å². The Balaban J connectivity index is 0.00000144. The van der Waals surface area contributed by atoms with Gasteiger partial charge < -0.3 is 15.4 Å². The van der Waals surface area contributed by atoms with Gasteiger partial charge in [-0.3, -0.25) is 0 Å². The lowest BCUT2D eigenvalue weighted by Crippen LogP contribution is -2.42. The maximum Gasteiger partial charge on any atom is 0.124 e. The lowest BCUT2D eigenvalue weighted by molar-refractivity contribution is 0.326. The van der Waals surface area contributed by atoms with Crippen molar-refractivity contribution in [2.75, 3.05) is 26.2 Å². The molecule has 1 aromatic carbocycles. The zero-order valence-corrected chi connectivity index (χ0v) is 12.2. The van der Waals surface area contributed by atoms with Crippen molar-refractivity contribution in [2.24, 2.45) is 0 Å². The van der Waals surface area contributed by atoms with Crippen molar-refractivity contribution in [3.63, 3.8) is 0 Å². The zero-order chi connectivity index (χ0) is 11.4. The van der Waals surface area contributed by atoms with Crippen LogP contribution in [0.4, 0.5) is 0 Å². The van der Waals surface area contributed by atoms with Crippen molar-refractivity contribution in [2.45, 2.75) is 13.0 Å². The van der Waals surface area contributed by atoms with Crippen LogP contribution in [-0.4, -0.2) is 26.2 Å². The Kier molecular flexibility index (Phi) is 6.27. The fourth-order valence-electron chi connectivity index (χ4n) is 1.95. The molecule has 0 bridgehead atoms. The van der Waals surface area contributed by atoms with Crippen molar-refractivity contribution < 1.29 is 4.74 Å². The number of piperazine rings is 1. The number of hydrogen-bond donors (Lipinski definition) is 2. The van der Waals surface area contributed by atoms with E-state index in [0.717, 1.165) is 29.9 Å². The van der Waals surface area contributed by atoms with Gasteiger partial charge in [-0.15, -0.1) is 12.4 Å². The molecule has 0 spiro atoms. The fourth-order valence-corrected chi connectivity index (χ4v) is 2.33. The summed E-state index contributed by atoms with van der Waals surface area (Å²) in [4.78, 5) is 0.